The third-order valence-corrected chi connectivity index (χ3v) is 3.46. The Morgan fingerprint density at radius 3 is 3.05 bits per heavy atom. The van der Waals surface area contributed by atoms with Crippen LogP contribution >= 0.6 is 0 Å². The highest BCUT2D eigenvalue weighted by Crippen LogP contribution is 2.34. The zero-order valence-corrected chi connectivity index (χ0v) is 12.2. The van der Waals surface area contributed by atoms with Gasteiger partial charge < -0.3 is 14.8 Å². The van der Waals surface area contributed by atoms with Gasteiger partial charge in [0.15, 0.2) is 5.75 Å². The second kappa shape index (κ2) is 7.80. The normalized spacial score (nSPS) is 16.2. The summed E-state index contributed by atoms with van der Waals surface area (Å²) in [7, 11) is 1.43. The van der Waals surface area contributed by atoms with Crippen LogP contribution in [-0.2, 0) is 4.74 Å². The van der Waals surface area contributed by atoms with E-state index in [9.17, 15) is 10.1 Å². The average molecular weight is 295 g/mol. The molecule has 0 atom stereocenters. The lowest BCUT2D eigenvalue weighted by Crippen LogP contribution is -2.31. The number of hydrogen-bond acceptors (Lipinski definition) is 6. The summed E-state index contributed by atoms with van der Waals surface area (Å²) in [6.45, 7) is 4.94. The number of methoxy groups -OCH3 is 1. The third kappa shape index (κ3) is 4.30. The summed E-state index contributed by atoms with van der Waals surface area (Å²) in [5, 5.41) is 14.3. The lowest BCUT2D eigenvalue weighted by Gasteiger charge is -2.19. The van der Waals surface area contributed by atoms with E-state index in [1.807, 2.05) is 0 Å². The van der Waals surface area contributed by atoms with E-state index in [1.165, 1.54) is 7.11 Å². The van der Waals surface area contributed by atoms with Crippen molar-refractivity contribution in [3.05, 3.63) is 28.3 Å². The maximum atomic E-state index is 11.2. The molecule has 21 heavy (non-hydrogen) atoms. The maximum absolute atomic E-state index is 11.2. The van der Waals surface area contributed by atoms with Crippen LogP contribution in [0.5, 0.6) is 5.75 Å². The van der Waals surface area contributed by atoms with Gasteiger partial charge in [0.1, 0.15) is 5.69 Å². The molecule has 116 valence electrons. The van der Waals surface area contributed by atoms with Crippen LogP contribution < -0.4 is 10.1 Å². The lowest BCUT2D eigenvalue weighted by atomic mass is 10.2. The van der Waals surface area contributed by atoms with Crippen molar-refractivity contribution in [2.24, 2.45) is 0 Å². The number of nitrogens with zero attached hydrogens (tertiary/aromatic N) is 2. The summed E-state index contributed by atoms with van der Waals surface area (Å²) >= 11 is 0. The van der Waals surface area contributed by atoms with Gasteiger partial charge in [-0.1, -0.05) is 6.07 Å². The van der Waals surface area contributed by atoms with Crippen LogP contribution in [0.15, 0.2) is 18.2 Å². The monoisotopic (exact) mass is 295 g/mol. The molecule has 7 heteroatoms. The number of ether oxygens (including phenoxy) is 2. The van der Waals surface area contributed by atoms with Gasteiger partial charge in [0.05, 0.1) is 18.6 Å². The summed E-state index contributed by atoms with van der Waals surface area (Å²) in [4.78, 5) is 13.1. The molecule has 7 nitrogen and oxygen atoms in total. The fourth-order valence-corrected chi connectivity index (χ4v) is 2.39. The molecule has 1 aliphatic heterocycles. The number of hydrogen-bond donors (Lipinski definition) is 1. The van der Waals surface area contributed by atoms with Gasteiger partial charge in [0.25, 0.3) is 0 Å². The largest absolute Gasteiger partial charge is 0.490 e. The molecule has 0 unspecified atom stereocenters. The Hall–Kier alpha value is -1.86. The van der Waals surface area contributed by atoms with Crippen LogP contribution in [0, 0.1) is 10.1 Å². The van der Waals surface area contributed by atoms with Crippen LogP contribution in [0.3, 0.4) is 0 Å². The Morgan fingerprint density at radius 2 is 2.29 bits per heavy atom. The van der Waals surface area contributed by atoms with Gasteiger partial charge in [-0.2, -0.15) is 0 Å². The summed E-state index contributed by atoms with van der Waals surface area (Å²) in [5.41, 5.74) is 0.477. The van der Waals surface area contributed by atoms with Crippen LogP contribution in [0.2, 0.25) is 0 Å². The summed E-state index contributed by atoms with van der Waals surface area (Å²) < 4.78 is 10.5. The van der Waals surface area contributed by atoms with E-state index in [4.69, 9.17) is 9.47 Å². The molecule has 1 heterocycles. The summed E-state index contributed by atoms with van der Waals surface area (Å²) in [5.74, 6) is 0.271. The minimum Gasteiger partial charge on any atom is -0.490 e. The van der Waals surface area contributed by atoms with Crippen molar-refractivity contribution < 1.29 is 14.4 Å². The number of nitrogens with one attached hydrogen (secondary N) is 1. The van der Waals surface area contributed by atoms with Gasteiger partial charge in [-0.15, -0.1) is 0 Å². The van der Waals surface area contributed by atoms with Crippen LogP contribution in [0.25, 0.3) is 0 Å². The molecule has 0 spiro atoms. The van der Waals surface area contributed by atoms with Crippen molar-refractivity contribution in [1.29, 1.82) is 0 Å². The Kier molecular flexibility index (Phi) is 5.77. The van der Waals surface area contributed by atoms with Crippen molar-refractivity contribution in [2.75, 3.05) is 51.8 Å². The smallest absolute Gasteiger partial charge is 0.333 e. The molecule has 1 aromatic carbocycles. The number of nitro groups is 1. The standard InChI is InChI=1S/C14H21N3O4/c1-20-13-5-2-4-12(14(13)17(18)19)15-6-8-16-7-3-10-21-11-9-16/h2,4-5,15H,3,6-11H2,1H3. The molecule has 0 bridgehead atoms. The Balaban J connectivity index is 1.94. The predicted molar refractivity (Wildman–Crippen MR) is 80.0 cm³/mol. The molecule has 0 amide bonds. The molecular weight excluding hydrogens is 274 g/mol. The molecule has 1 aliphatic rings. The van der Waals surface area contributed by atoms with Gasteiger partial charge >= 0.3 is 5.69 Å². The fourth-order valence-electron chi connectivity index (χ4n) is 2.39. The Morgan fingerprint density at radius 1 is 1.43 bits per heavy atom. The third-order valence-electron chi connectivity index (χ3n) is 3.46. The van der Waals surface area contributed by atoms with Crippen LogP contribution in [0.4, 0.5) is 11.4 Å². The highest BCUT2D eigenvalue weighted by atomic mass is 16.6. The number of benzene rings is 1. The highest BCUT2D eigenvalue weighted by molar-refractivity contribution is 5.68. The second-order valence-corrected chi connectivity index (χ2v) is 4.85. The summed E-state index contributed by atoms with van der Waals surface area (Å²) in [6, 6.07) is 5.04. The highest BCUT2D eigenvalue weighted by Gasteiger charge is 2.20. The molecule has 1 N–H and O–H groups in total. The second-order valence-electron chi connectivity index (χ2n) is 4.85. The molecule has 0 radical (unpaired) electrons. The van der Waals surface area contributed by atoms with E-state index in [1.54, 1.807) is 18.2 Å². The molecule has 0 aliphatic carbocycles. The number of rotatable bonds is 6. The van der Waals surface area contributed by atoms with Gasteiger partial charge in [0.2, 0.25) is 0 Å². The van der Waals surface area contributed by atoms with Gasteiger partial charge in [-0.05, 0) is 18.6 Å². The quantitative estimate of drug-likeness (QED) is 0.636. The minimum atomic E-state index is -0.416. The Bertz CT molecular complexity index is 473. The number of para-hydroxylation sites is 1. The van der Waals surface area contributed by atoms with Crippen molar-refractivity contribution in [1.82, 2.24) is 4.90 Å². The van der Waals surface area contributed by atoms with Crippen molar-refractivity contribution in [3.63, 3.8) is 0 Å². The zero-order chi connectivity index (χ0) is 15.1. The fraction of sp³-hybridized carbons (Fsp3) is 0.571. The van der Waals surface area contributed by atoms with Crippen molar-refractivity contribution >= 4 is 11.4 Å². The molecule has 0 aromatic heterocycles. The number of anilines is 1. The molecule has 1 aromatic rings. The minimum absolute atomic E-state index is 0.0146. The Labute approximate surface area is 124 Å². The first-order valence-corrected chi connectivity index (χ1v) is 7.07. The zero-order valence-electron chi connectivity index (χ0n) is 12.2. The predicted octanol–water partition coefficient (Wildman–Crippen LogP) is 1.74. The molecule has 0 saturated carbocycles. The maximum Gasteiger partial charge on any atom is 0.333 e. The molecule has 2 rings (SSSR count). The van der Waals surface area contributed by atoms with E-state index in [-0.39, 0.29) is 11.4 Å². The molecule has 1 saturated heterocycles. The van der Waals surface area contributed by atoms with Crippen LogP contribution in [0.1, 0.15) is 6.42 Å². The first-order valence-electron chi connectivity index (χ1n) is 7.07. The van der Waals surface area contributed by atoms with Gasteiger partial charge in [-0.3, -0.25) is 15.0 Å². The molecule has 1 fully saturated rings. The van der Waals surface area contributed by atoms with Crippen molar-refractivity contribution in [2.45, 2.75) is 6.42 Å². The first kappa shape index (κ1) is 15.5. The lowest BCUT2D eigenvalue weighted by molar-refractivity contribution is -0.384. The van der Waals surface area contributed by atoms with E-state index >= 15 is 0 Å². The number of nitro benzene ring substituents is 1. The van der Waals surface area contributed by atoms with Gasteiger partial charge in [-0.25, -0.2) is 0 Å². The van der Waals surface area contributed by atoms with E-state index < -0.39 is 4.92 Å². The SMILES string of the molecule is COc1cccc(NCCN2CCCOCC2)c1[N+](=O)[O-]. The first-order chi connectivity index (χ1) is 10.2. The van der Waals surface area contributed by atoms with Crippen LogP contribution in [-0.4, -0.2) is 56.3 Å². The van der Waals surface area contributed by atoms with E-state index in [0.717, 1.165) is 39.3 Å². The topological polar surface area (TPSA) is 76.9 Å². The molecular formula is C14H21N3O4. The van der Waals surface area contributed by atoms with E-state index in [2.05, 4.69) is 10.2 Å². The summed E-state index contributed by atoms with van der Waals surface area (Å²) in [6.07, 6.45) is 1.03. The average Bonchev–Trinajstić information content (AvgIpc) is 2.75. The van der Waals surface area contributed by atoms with E-state index in [0.29, 0.717) is 12.2 Å². The van der Waals surface area contributed by atoms with Crippen molar-refractivity contribution in [3.8, 4) is 5.75 Å². The van der Waals surface area contributed by atoms with Gasteiger partial charge in [0, 0.05) is 32.8 Å².